The fourth-order valence-corrected chi connectivity index (χ4v) is 2.83. The summed E-state index contributed by atoms with van der Waals surface area (Å²) in [5.41, 5.74) is -0.799. The van der Waals surface area contributed by atoms with Gasteiger partial charge in [0.1, 0.15) is 5.82 Å². The van der Waals surface area contributed by atoms with Crippen LogP contribution in [0.4, 0.5) is 19.0 Å². The number of nitrogens with one attached hydrogen (secondary N) is 1. The second-order valence-electron chi connectivity index (χ2n) is 6.11. The standard InChI is InChI=1S/C17H16F3N3O4/c18-17(19,20)10-1-4-14(21-9-10)23-7-5-11(6-8-23)22-15(24)12-2-3-13(27-12)16(25)26/h1-4,9,11H,5-8H2,(H,22,24)(H,25,26). The highest BCUT2D eigenvalue weighted by molar-refractivity contribution is 5.93. The first kappa shape index (κ1) is 18.7. The molecule has 0 saturated carbocycles. The summed E-state index contributed by atoms with van der Waals surface area (Å²) in [4.78, 5) is 28.6. The van der Waals surface area contributed by atoms with Crippen LogP contribution in [0.2, 0.25) is 0 Å². The quantitative estimate of drug-likeness (QED) is 0.843. The van der Waals surface area contributed by atoms with E-state index in [0.29, 0.717) is 31.7 Å². The predicted octanol–water partition coefficient (Wildman–Crippen LogP) is 2.79. The fraction of sp³-hybridized carbons (Fsp3) is 0.353. The summed E-state index contributed by atoms with van der Waals surface area (Å²) < 4.78 is 42.7. The minimum Gasteiger partial charge on any atom is -0.475 e. The molecule has 1 saturated heterocycles. The van der Waals surface area contributed by atoms with Gasteiger partial charge in [-0.1, -0.05) is 0 Å². The Morgan fingerprint density at radius 3 is 2.33 bits per heavy atom. The number of furan rings is 1. The third-order valence-corrected chi connectivity index (χ3v) is 4.27. The third-order valence-electron chi connectivity index (χ3n) is 4.27. The maximum absolute atomic E-state index is 12.6. The number of carbonyl (C=O) groups is 2. The van der Waals surface area contributed by atoms with Crippen molar-refractivity contribution in [2.45, 2.75) is 25.1 Å². The van der Waals surface area contributed by atoms with Crippen LogP contribution in [-0.2, 0) is 6.18 Å². The zero-order valence-corrected chi connectivity index (χ0v) is 14.0. The van der Waals surface area contributed by atoms with Crippen LogP contribution >= 0.6 is 0 Å². The monoisotopic (exact) mass is 383 g/mol. The van der Waals surface area contributed by atoms with E-state index < -0.39 is 23.6 Å². The normalized spacial score (nSPS) is 15.6. The molecule has 7 nitrogen and oxygen atoms in total. The summed E-state index contributed by atoms with van der Waals surface area (Å²) in [5, 5.41) is 11.6. The first-order chi connectivity index (χ1) is 12.7. The van der Waals surface area contributed by atoms with Crippen LogP contribution in [0.3, 0.4) is 0 Å². The number of carboxylic acids is 1. The Kier molecular flexibility index (Phi) is 5.06. The Morgan fingerprint density at radius 2 is 1.81 bits per heavy atom. The summed E-state index contributed by atoms with van der Waals surface area (Å²) in [6, 6.07) is 4.67. The molecule has 0 bridgehead atoms. The molecule has 10 heteroatoms. The number of anilines is 1. The van der Waals surface area contributed by atoms with Crippen molar-refractivity contribution in [2.24, 2.45) is 0 Å². The van der Waals surface area contributed by atoms with E-state index in [0.717, 1.165) is 12.3 Å². The lowest BCUT2D eigenvalue weighted by Gasteiger charge is -2.33. The van der Waals surface area contributed by atoms with Gasteiger partial charge in [-0.15, -0.1) is 0 Å². The molecule has 2 aromatic rings. The number of pyridine rings is 1. The summed E-state index contributed by atoms with van der Waals surface area (Å²) >= 11 is 0. The highest BCUT2D eigenvalue weighted by Gasteiger charge is 2.31. The molecule has 2 N–H and O–H groups in total. The molecule has 1 amide bonds. The molecular formula is C17H16F3N3O4. The Balaban J connectivity index is 1.54. The van der Waals surface area contributed by atoms with Crippen molar-refractivity contribution in [3.8, 4) is 0 Å². The number of carboxylic acid groups (broad SMARTS) is 1. The zero-order chi connectivity index (χ0) is 19.6. The number of piperidine rings is 1. The van der Waals surface area contributed by atoms with E-state index in [1.54, 1.807) is 0 Å². The van der Waals surface area contributed by atoms with E-state index in [1.807, 2.05) is 4.90 Å². The number of carbonyl (C=O) groups excluding carboxylic acids is 1. The summed E-state index contributed by atoms with van der Waals surface area (Å²) in [6.07, 6.45) is -2.48. The number of nitrogens with zero attached hydrogens (tertiary/aromatic N) is 2. The minimum absolute atomic E-state index is 0.0840. The number of aromatic carboxylic acids is 1. The van der Waals surface area contributed by atoms with Crippen LogP contribution < -0.4 is 10.2 Å². The van der Waals surface area contributed by atoms with E-state index in [-0.39, 0.29) is 17.6 Å². The molecule has 1 aliphatic rings. The maximum Gasteiger partial charge on any atom is 0.417 e. The lowest BCUT2D eigenvalue weighted by molar-refractivity contribution is -0.137. The largest absolute Gasteiger partial charge is 0.475 e. The van der Waals surface area contributed by atoms with Gasteiger partial charge < -0.3 is 19.7 Å². The highest BCUT2D eigenvalue weighted by Crippen LogP contribution is 2.29. The Morgan fingerprint density at radius 1 is 1.15 bits per heavy atom. The highest BCUT2D eigenvalue weighted by atomic mass is 19.4. The molecule has 2 aromatic heterocycles. The number of amides is 1. The van der Waals surface area contributed by atoms with Crippen LogP contribution in [-0.4, -0.2) is 41.1 Å². The van der Waals surface area contributed by atoms with Gasteiger partial charge in [0.15, 0.2) is 5.76 Å². The lowest BCUT2D eigenvalue weighted by atomic mass is 10.0. The van der Waals surface area contributed by atoms with Crippen molar-refractivity contribution < 1.29 is 32.3 Å². The van der Waals surface area contributed by atoms with Gasteiger partial charge in [-0.25, -0.2) is 9.78 Å². The van der Waals surface area contributed by atoms with Gasteiger partial charge in [-0.2, -0.15) is 13.2 Å². The fourth-order valence-electron chi connectivity index (χ4n) is 2.83. The van der Waals surface area contributed by atoms with Gasteiger partial charge in [0.05, 0.1) is 5.56 Å². The summed E-state index contributed by atoms with van der Waals surface area (Å²) in [6.45, 7) is 1.03. The number of hydrogen-bond acceptors (Lipinski definition) is 5. The number of halogens is 3. The van der Waals surface area contributed by atoms with Crippen LogP contribution in [0, 0.1) is 0 Å². The van der Waals surface area contributed by atoms with E-state index >= 15 is 0 Å². The van der Waals surface area contributed by atoms with Gasteiger partial charge in [0, 0.05) is 25.3 Å². The van der Waals surface area contributed by atoms with Gasteiger partial charge in [-0.05, 0) is 37.1 Å². The smallest absolute Gasteiger partial charge is 0.417 e. The minimum atomic E-state index is -4.42. The van der Waals surface area contributed by atoms with Crippen LogP contribution in [0.5, 0.6) is 0 Å². The molecular weight excluding hydrogens is 367 g/mol. The molecule has 1 fully saturated rings. The molecule has 3 rings (SSSR count). The Labute approximate surface area is 151 Å². The maximum atomic E-state index is 12.6. The molecule has 144 valence electrons. The van der Waals surface area contributed by atoms with Gasteiger partial charge in [0.2, 0.25) is 5.76 Å². The van der Waals surface area contributed by atoms with E-state index in [1.165, 1.54) is 18.2 Å². The number of hydrogen-bond donors (Lipinski definition) is 2. The predicted molar refractivity (Wildman–Crippen MR) is 87.6 cm³/mol. The van der Waals surface area contributed by atoms with Crippen molar-refractivity contribution in [3.05, 3.63) is 47.5 Å². The first-order valence-electron chi connectivity index (χ1n) is 8.16. The van der Waals surface area contributed by atoms with Gasteiger partial charge >= 0.3 is 12.1 Å². The molecule has 0 aliphatic carbocycles. The molecule has 1 aliphatic heterocycles. The van der Waals surface area contributed by atoms with Crippen LogP contribution in [0.15, 0.2) is 34.9 Å². The summed E-state index contributed by atoms with van der Waals surface area (Å²) in [7, 11) is 0. The molecule has 0 aromatic carbocycles. The first-order valence-corrected chi connectivity index (χ1v) is 8.16. The van der Waals surface area contributed by atoms with Crippen molar-refractivity contribution in [1.82, 2.24) is 10.3 Å². The van der Waals surface area contributed by atoms with Crippen molar-refractivity contribution in [1.29, 1.82) is 0 Å². The summed E-state index contributed by atoms with van der Waals surface area (Å²) in [5.74, 6) is -1.72. The molecule has 27 heavy (non-hydrogen) atoms. The van der Waals surface area contributed by atoms with E-state index in [9.17, 15) is 22.8 Å². The Hall–Kier alpha value is -3.04. The van der Waals surface area contributed by atoms with Gasteiger partial charge in [0.25, 0.3) is 5.91 Å². The third kappa shape index (κ3) is 4.39. The van der Waals surface area contributed by atoms with Crippen molar-refractivity contribution in [2.75, 3.05) is 18.0 Å². The van der Waals surface area contributed by atoms with Gasteiger partial charge in [-0.3, -0.25) is 4.79 Å². The zero-order valence-electron chi connectivity index (χ0n) is 14.0. The van der Waals surface area contributed by atoms with E-state index in [2.05, 4.69) is 10.3 Å². The number of rotatable bonds is 4. The number of alkyl halides is 3. The average molecular weight is 383 g/mol. The lowest BCUT2D eigenvalue weighted by Crippen LogP contribution is -2.44. The topological polar surface area (TPSA) is 95.7 Å². The average Bonchev–Trinajstić information content (AvgIpc) is 3.12. The second-order valence-corrected chi connectivity index (χ2v) is 6.11. The van der Waals surface area contributed by atoms with Crippen LogP contribution in [0.1, 0.15) is 39.5 Å². The number of aromatic nitrogens is 1. The molecule has 3 heterocycles. The second kappa shape index (κ2) is 7.29. The van der Waals surface area contributed by atoms with Crippen molar-refractivity contribution in [3.63, 3.8) is 0 Å². The Bertz CT molecular complexity index is 825. The molecule has 0 atom stereocenters. The van der Waals surface area contributed by atoms with Crippen molar-refractivity contribution >= 4 is 17.7 Å². The molecule has 0 unspecified atom stereocenters. The van der Waals surface area contributed by atoms with Crippen LogP contribution in [0.25, 0.3) is 0 Å². The molecule has 0 radical (unpaired) electrons. The van der Waals surface area contributed by atoms with E-state index in [4.69, 9.17) is 9.52 Å². The SMILES string of the molecule is O=C(O)c1ccc(C(=O)NC2CCN(c3ccc(C(F)(F)F)cn3)CC2)o1. The molecule has 0 spiro atoms.